The van der Waals surface area contributed by atoms with Gasteiger partial charge in [0.15, 0.2) is 0 Å². The van der Waals surface area contributed by atoms with Gasteiger partial charge in [0.1, 0.15) is 16.9 Å². The second-order valence-corrected chi connectivity index (χ2v) is 9.83. The van der Waals surface area contributed by atoms with E-state index >= 15 is 0 Å². The molecule has 1 aliphatic carbocycles. The molecule has 174 valence electrons. The second kappa shape index (κ2) is 11.0. The zero-order chi connectivity index (χ0) is 23.2. The Morgan fingerprint density at radius 3 is 2.70 bits per heavy atom. The summed E-state index contributed by atoms with van der Waals surface area (Å²) in [4.78, 5) is 15.6. The molecule has 1 N–H and O–H groups in total. The summed E-state index contributed by atoms with van der Waals surface area (Å²) >= 11 is 1.65. The summed E-state index contributed by atoms with van der Waals surface area (Å²) in [6.07, 6.45) is 10.7. The van der Waals surface area contributed by atoms with E-state index in [9.17, 15) is 9.18 Å². The van der Waals surface area contributed by atoms with E-state index in [1.165, 1.54) is 50.7 Å². The number of nitrogens with zero attached hydrogens (tertiary/aromatic N) is 1. The third-order valence-electron chi connectivity index (χ3n) is 6.54. The van der Waals surface area contributed by atoms with Crippen molar-refractivity contribution < 1.29 is 19.0 Å². The molecule has 1 fully saturated rings. The van der Waals surface area contributed by atoms with E-state index in [1.807, 2.05) is 30.6 Å². The van der Waals surface area contributed by atoms with E-state index in [4.69, 9.17) is 9.84 Å². The average molecular weight is 468 g/mol. The summed E-state index contributed by atoms with van der Waals surface area (Å²) < 4.78 is 20.5. The maximum Gasteiger partial charge on any atom is 0.338 e. The predicted octanol–water partition coefficient (Wildman–Crippen LogP) is 7.57. The van der Waals surface area contributed by atoms with Gasteiger partial charge in [-0.05, 0) is 60.1 Å². The molecular formula is C27H30FNO3S. The maximum atomic E-state index is 14.1. The third kappa shape index (κ3) is 6.06. The topological polar surface area (TPSA) is 59.4 Å². The summed E-state index contributed by atoms with van der Waals surface area (Å²) in [5, 5.41) is 12.1. The van der Waals surface area contributed by atoms with Crippen LogP contribution in [0.15, 0.2) is 48.0 Å². The molecule has 1 aromatic heterocycles. The first-order valence-corrected chi connectivity index (χ1v) is 12.5. The summed E-state index contributed by atoms with van der Waals surface area (Å²) in [7, 11) is 0. The van der Waals surface area contributed by atoms with Crippen LogP contribution in [0.25, 0.3) is 11.1 Å². The number of carboxylic acid groups (broad SMARTS) is 1. The van der Waals surface area contributed by atoms with E-state index in [-0.39, 0.29) is 11.7 Å². The molecular weight excluding hydrogens is 437 g/mol. The van der Waals surface area contributed by atoms with Gasteiger partial charge in [-0.2, -0.15) is 0 Å². The molecule has 4 rings (SSSR count). The average Bonchev–Trinajstić information content (AvgIpc) is 3.34. The van der Waals surface area contributed by atoms with Crippen LogP contribution in [-0.4, -0.2) is 16.1 Å². The lowest BCUT2D eigenvalue weighted by molar-refractivity contribution is 0.0283. The Balaban J connectivity index is 1.42. The number of ether oxygens (including phenoxy) is 1. The van der Waals surface area contributed by atoms with Crippen molar-refractivity contribution in [3.8, 4) is 11.1 Å². The summed E-state index contributed by atoms with van der Waals surface area (Å²) in [5.74, 6) is -1.18. The number of carboxylic acids is 1. The molecule has 2 aromatic carbocycles. The van der Waals surface area contributed by atoms with Gasteiger partial charge >= 0.3 is 5.97 Å². The standard InChI is InChI=1S/C27H30FNO3S/c1-18-15-20(7-10-22(18)21-9-11-23(27(30)31)24(28)16-21)17-32-25(26-29-13-14-33-26)12-8-19-5-3-2-4-6-19/h7,9-11,13-16,19,25H,2-6,8,12,17H2,1H3,(H,30,31). The minimum Gasteiger partial charge on any atom is -0.478 e. The van der Waals surface area contributed by atoms with Crippen LogP contribution in [0.2, 0.25) is 0 Å². The monoisotopic (exact) mass is 467 g/mol. The summed E-state index contributed by atoms with van der Waals surface area (Å²) in [6, 6.07) is 10.2. The fourth-order valence-corrected chi connectivity index (χ4v) is 5.45. The Hall–Kier alpha value is -2.57. The van der Waals surface area contributed by atoms with Gasteiger partial charge in [-0.3, -0.25) is 0 Å². The Labute approximate surface area is 198 Å². The minimum absolute atomic E-state index is 0.00423. The number of carbonyl (C=O) groups is 1. The molecule has 0 saturated heterocycles. The van der Waals surface area contributed by atoms with Crippen LogP contribution in [0.4, 0.5) is 4.39 Å². The van der Waals surface area contributed by atoms with Crippen LogP contribution in [0.5, 0.6) is 0 Å². The number of benzene rings is 2. The van der Waals surface area contributed by atoms with Crippen molar-refractivity contribution in [1.29, 1.82) is 0 Å². The molecule has 33 heavy (non-hydrogen) atoms. The number of halogens is 1. The van der Waals surface area contributed by atoms with Gasteiger partial charge in [0.25, 0.3) is 0 Å². The molecule has 4 nitrogen and oxygen atoms in total. The van der Waals surface area contributed by atoms with E-state index in [0.29, 0.717) is 12.2 Å². The number of hydrogen-bond acceptors (Lipinski definition) is 4. The molecule has 3 aromatic rings. The SMILES string of the molecule is Cc1cc(COC(CCC2CCCCC2)c2nccs2)ccc1-c1ccc(C(=O)O)c(F)c1. The van der Waals surface area contributed by atoms with Crippen molar-refractivity contribution in [1.82, 2.24) is 4.98 Å². The third-order valence-corrected chi connectivity index (χ3v) is 7.41. The van der Waals surface area contributed by atoms with Gasteiger partial charge < -0.3 is 9.84 Å². The Morgan fingerprint density at radius 2 is 2.03 bits per heavy atom. The van der Waals surface area contributed by atoms with Gasteiger partial charge in [-0.1, -0.05) is 56.4 Å². The first-order chi connectivity index (χ1) is 16.0. The Morgan fingerprint density at radius 1 is 1.21 bits per heavy atom. The fourth-order valence-electron chi connectivity index (χ4n) is 4.73. The van der Waals surface area contributed by atoms with E-state index in [2.05, 4.69) is 11.1 Å². The van der Waals surface area contributed by atoms with E-state index < -0.39 is 11.8 Å². The van der Waals surface area contributed by atoms with Gasteiger partial charge in [-0.15, -0.1) is 11.3 Å². The highest BCUT2D eigenvalue weighted by Gasteiger charge is 2.20. The smallest absolute Gasteiger partial charge is 0.338 e. The first-order valence-electron chi connectivity index (χ1n) is 11.6. The van der Waals surface area contributed by atoms with E-state index in [0.717, 1.165) is 34.0 Å². The van der Waals surface area contributed by atoms with Gasteiger partial charge in [0, 0.05) is 11.6 Å². The van der Waals surface area contributed by atoms with Crippen molar-refractivity contribution in [2.24, 2.45) is 5.92 Å². The van der Waals surface area contributed by atoms with Crippen LogP contribution >= 0.6 is 11.3 Å². The molecule has 0 spiro atoms. The van der Waals surface area contributed by atoms with Crippen molar-refractivity contribution in [3.63, 3.8) is 0 Å². The molecule has 1 atom stereocenters. The number of aromatic nitrogens is 1. The summed E-state index contributed by atoms with van der Waals surface area (Å²) in [5.41, 5.74) is 3.27. The Bertz CT molecular complexity index is 1080. The molecule has 1 aliphatic rings. The molecule has 0 bridgehead atoms. The largest absolute Gasteiger partial charge is 0.478 e. The molecule has 1 heterocycles. The lowest BCUT2D eigenvalue weighted by atomic mass is 9.85. The van der Waals surface area contributed by atoms with Crippen LogP contribution in [-0.2, 0) is 11.3 Å². The molecule has 0 aliphatic heterocycles. The zero-order valence-electron chi connectivity index (χ0n) is 18.9. The predicted molar refractivity (Wildman–Crippen MR) is 129 cm³/mol. The van der Waals surface area contributed by atoms with E-state index in [1.54, 1.807) is 17.4 Å². The maximum absolute atomic E-state index is 14.1. The van der Waals surface area contributed by atoms with Crippen molar-refractivity contribution >= 4 is 17.3 Å². The quantitative estimate of drug-likeness (QED) is 0.352. The molecule has 1 saturated carbocycles. The molecule has 0 amide bonds. The highest BCUT2D eigenvalue weighted by atomic mass is 32.1. The highest BCUT2D eigenvalue weighted by Crippen LogP contribution is 2.33. The lowest BCUT2D eigenvalue weighted by Crippen LogP contribution is -2.10. The second-order valence-electron chi connectivity index (χ2n) is 8.90. The number of rotatable bonds is 9. The number of aryl methyl sites for hydroxylation is 1. The number of hydrogen-bond donors (Lipinski definition) is 1. The lowest BCUT2D eigenvalue weighted by Gasteiger charge is -2.24. The van der Waals surface area contributed by atoms with Gasteiger partial charge in [0.05, 0.1) is 12.2 Å². The van der Waals surface area contributed by atoms with Crippen molar-refractivity contribution in [2.45, 2.75) is 64.6 Å². The molecule has 1 unspecified atom stereocenters. The van der Waals surface area contributed by atoms with Crippen LogP contribution in [0.1, 0.15) is 77.5 Å². The summed E-state index contributed by atoms with van der Waals surface area (Å²) in [6.45, 7) is 2.46. The highest BCUT2D eigenvalue weighted by molar-refractivity contribution is 7.09. The van der Waals surface area contributed by atoms with Crippen LogP contribution in [0.3, 0.4) is 0 Å². The van der Waals surface area contributed by atoms with Gasteiger partial charge in [0.2, 0.25) is 0 Å². The molecule has 6 heteroatoms. The number of thiazole rings is 1. The van der Waals surface area contributed by atoms with Crippen molar-refractivity contribution in [2.75, 3.05) is 0 Å². The Kier molecular flexibility index (Phi) is 7.89. The first kappa shape index (κ1) is 23.6. The fraction of sp³-hybridized carbons (Fsp3) is 0.407. The zero-order valence-corrected chi connectivity index (χ0v) is 19.7. The normalized spacial score (nSPS) is 15.5. The van der Waals surface area contributed by atoms with Crippen LogP contribution in [0, 0.1) is 18.7 Å². The van der Waals surface area contributed by atoms with Gasteiger partial charge in [-0.25, -0.2) is 14.2 Å². The minimum atomic E-state index is -1.26. The molecule has 0 radical (unpaired) electrons. The van der Waals surface area contributed by atoms with Crippen molar-refractivity contribution in [3.05, 3.63) is 75.5 Å². The number of aromatic carboxylic acids is 1. The van der Waals surface area contributed by atoms with Crippen LogP contribution < -0.4 is 0 Å².